The molecule has 18 heavy (non-hydrogen) atoms. The first-order valence-corrected chi connectivity index (χ1v) is 6.28. The molecule has 1 aromatic carbocycles. The van der Waals surface area contributed by atoms with Gasteiger partial charge in [-0.1, -0.05) is 13.8 Å². The Bertz CT molecular complexity index is 455. The van der Waals surface area contributed by atoms with Crippen LogP contribution in [0.15, 0.2) is 18.2 Å². The Balaban J connectivity index is 2.24. The number of phenols is 1. The van der Waals surface area contributed by atoms with Crippen LogP contribution in [0.25, 0.3) is 0 Å². The van der Waals surface area contributed by atoms with Gasteiger partial charge in [0.2, 0.25) is 0 Å². The fraction of sp³-hybridized carbons (Fsp3) is 0.500. The molecule has 1 saturated carbocycles. The molecule has 0 bridgehead atoms. The van der Waals surface area contributed by atoms with E-state index in [1.165, 1.54) is 6.07 Å². The highest BCUT2D eigenvalue weighted by Crippen LogP contribution is 2.30. The molecule has 1 aliphatic carbocycles. The molecule has 0 aliphatic heterocycles. The molecule has 0 heterocycles. The van der Waals surface area contributed by atoms with E-state index in [0.717, 1.165) is 25.0 Å². The molecule has 0 spiro atoms. The van der Waals surface area contributed by atoms with Crippen LogP contribution < -0.4 is 0 Å². The van der Waals surface area contributed by atoms with Gasteiger partial charge >= 0.3 is 0 Å². The Hall–Kier alpha value is -1.58. The standard InChI is InChI=1S/C14H18FNO2/c1-9(2)8-16(11-4-5-11)14(18)12-7-10(15)3-6-13(12)17/h3,6-7,9,11,17H,4-5,8H2,1-2H3. The topological polar surface area (TPSA) is 40.5 Å². The first kappa shape index (κ1) is 12.9. The highest BCUT2D eigenvalue weighted by atomic mass is 19.1. The Labute approximate surface area is 106 Å². The summed E-state index contributed by atoms with van der Waals surface area (Å²) in [5, 5.41) is 9.68. The van der Waals surface area contributed by atoms with Crippen molar-refractivity contribution in [3.8, 4) is 5.75 Å². The number of carbonyl (C=O) groups is 1. The quantitative estimate of drug-likeness (QED) is 0.894. The summed E-state index contributed by atoms with van der Waals surface area (Å²) < 4.78 is 13.2. The van der Waals surface area contributed by atoms with Crippen molar-refractivity contribution in [2.24, 2.45) is 5.92 Å². The highest BCUT2D eigenvalue weighted by molar-refractivity contribution is 5.97. The molecule has 0 saturated heterocycles. The largest absolute Gasteiger partial charge is 0.507 e. The van der Waals surface area contributed by atoms with Gasteiger partial charge in [0, 0.05) is 12.6 Å². The maximum atomic E-state index is 13.2. The summed E-state index contributed by atoms with van der Waals surface area (Å²) >= 11 is 0. The molecule has 1 N–H and O–H groups in total. The van der Waals surface area contributed by atoms with Gasteiger partial charge in [-0.15, -0.1) is 0 Å². The molecule has 1 aliphatic rings. The Morgan fingerprint density at radius 3 is 2.72 bits per heavy atom. The Kier molecular flexibility index (Phi) is 3.55. The van der Waals surface area contributed by atoms with Crippen LogP contribution in [0, 0.1) is 11.7 Å². The molecule has 0 aromatic heterocycles. The van der Waals surface area contributed by atoms with Crippen molar-refractivity contribution in [1.29, 1.82) is 0 Å². The molecule has 2 rings (SSSR count). The fourth-order valence-corrected chi connectivity index (χ4v) is 2.01. The summed E-state index contributed by atoms with van der Waals surface area (Å²) in [6, 6.07) is 3.73. The number of nitrogens with zero attached hydrogens (tertiary/aromatic N) is 1. The number of hydrogen-bond acceptors (Lipinski definition) is 2. The molecule has 1 fully saturated rings. The number of benzene rings is 1. The van der Waals surface area contributed by atoms with Gasteiger partial charge in [0.25, 0.3) is 5.91 Å². The van der Waals surface area contributed by atoms with Crippen LogP contribution in [0.4, 0.5) is 4.39 Å². The van der Waals surface area contributed by atoms with Gasteiger partial charge in [0.05, 0.1) is 5.56 Å². The lowest BCUT2D eigenvalue weighted by Crippen LogP contribution is -2.36. The Morgan fingerprint density at radius 2 is 2.17 bits per heavy atom. The van der Waals surface area contributed by atoms with E-state index < -0.39 is 5.82 Å². The fourth-order valence-electron chi connectivity index (χ4n) is 2.01. The summed E-state index contributed by atoms with van der Waals surface area (Å²) in [7, 11) is 0. The van der Waals surface area contributed by atoms with Crippen LogP contribution >= 0.6 is 0 Å². The highest BCUT2D eigenvalue weighted by Gasteiger charge is 2.34. The minimum Gasteiger partial charge on any atom is -0.507 e. The second kappa shape index (κ2) is 4.96. The first-order chi connectivity index (χ1) is 8.49. The van der Waals surface area contributed by atoms with Crippen LogP contribution in [0.1, 0.15) is 37.0 Å². The first-order valence-electron chi connectivity index (χ1n) is 6.28. The van der Waals surface area contributed by atoms with Gasteiger partial charge in [0.15, 0.2) is 0 Å². The van der Waals surface area contributed by atoms with Crippen molar-refractivity contribution in [2.75, 3.05) is 6.54 Å². The summed E-state index contributed by atoms with van der Waals surface area (Å²) in [5.41, 5.74) is 0.0579. The maximum Gasteiger partial charge on any atom is 0.257 e. The molecule has 1 aromatic rings. The maximum absolute atomic E-state index is 13.2. The van der Waals surface area contributed by atoms with E-state index in [9.17, 15) is 14.3 Å². The molecule has 3 nitrogen and oxygen atoms in total. The number of amides is 1. The van der Waals surface area contributed by atoms with Crippen LogP contribution in [-0.4, -0.2) is 28.5 Å². The lowest BCUT2D eigenvalue weighted by molar-refractivity contribution is 0.0719. The lowest BCUT2D eigenvalue weighted by atomic mass is 10.1. The van der Waals surface area contributed by atoms with Gasteiger partial charge in [-0.2, -0.15) is 0 Å². The van der Waals surface area contributed by atoms with Crippen LogP contribution in [0.2, 0.25) is 0 Å². The van der Waals surface area contributed by atoms with Crippen LogP contribution in [0.5, 0.6) is 5.75 Å². The predicted molar refractivity (Wildman–Crippen MR) is 67.0 cm³/mol. The van der Waals surface area contributed by atoms with Crippen molar-refractivity contribution in [2.45, 2.75) is 32.7 Å². The Morgan fingerprint density at radius 1 is 1.50 bits per heavy atom. The van der Waals surface area contributed by atoms with Gasteiger partial charge in [-0.05, 0) is 37.0 Å². The molecule has 0 radical (unpaired) electrons. The summed E-state index contributed by atoms with van der Waals surface area (Å²) in [6.45, 7) is 4.71. The molecule has 0 unspecified atom stereocenters. The lowest BCUT2D eigenvalue weighted by Gasteiger charge is -2.24. The van der Waals surface area contributed by atoms with E-state index in [0.29, 0.717) is 12.5 Å². The third-order valence-electron chi connectivity index (χ3n) is 3.00. The number of rotatable bonds is 4. The summed E-state index contributed by atoms with van der Waals surface area (Å²) in [4.78, 5) is 14.1. The van der Waals surface area contributed by atoms with Crippen molar-refractivity contribution < 1.29 is 14.3 Å². The average Bonchev–Trinajstić information content (AvgIpc) is 3.12. The number of aromatic hydroxyl groups is 1. The zero-order valence-electron chi connectivity index (χ0n) is 10.7. The molecule has 4 heteroatoms. The second-order valence-corrected chi connectivity index (χ2v) is 5.24. The molecule has 0 atom stereocenters. The third-order valence-corrected chi connectivity index (χ3v) is 3.00. The smallest absolute Gasteiger partial charge is 0.257 e. The minimum atomic E-state index is -0.503. The van der Waals surface area contributed by atoms with Gasteiger partial charge < -0.3 is 10.0 Å². The average molecular weight is 251 g/mol. The van der Waals surface area contributed by atoms with E-state index in [2.05, 4.69) is 0 Å². The van der Waals surface area contributed by atoms with E-state index in [1.54, 1.807) is 4.90 Å². The third kappa shape index (κ3) is 2.81. The predicted octanol–water partition coefficient (Wildman–Crippen LogP) is 2.79. The normalized spacial score (nSPS) is 14.9. The zero-order valence-corrected chi connectivity index (χ0v) is 10.7. The van der Waals surface area contributed by atoms with E-state index in [-0.39, 0.29) is 23.3 Å². The summed E-state index contributed by atoms with van der Waals surface area (Å²) in [6.07, 6.45) is 1.99. The van der Waals surface area contributed by atoms with Gasteiger partial charge in [0.1, 0.15) is 11.6 Å². The van der Waals surface area contributed by atoms with Crippen molar-refractivity contribution in [3.63, 3.8) is 0 Å². The van der Waals surface area contributed by atoms with Crippen LogP contribution in [0.3, 0.4) is 0 Å². The zero-order chi connectivity index (χ0) is 13.3. The monoisotopic (exact) mass is 251 g/mol. The van der Waals surface area contributed by atoms with E-state index in [1.807, 2.05) is 13.8 Å². The van der Waals surface area contributed by atoms with Crippen molar-refractivity contribution in [3.05, 3.63) is 29.6 Å². The number of carbonyl (C=O) groups excluding carboxylic acids is 1. The number of halogens is 1. The van der Waals surface area contributed by atoms with Crippen molar-refractivity contribution in [1.82, 2.24) is 4.90 Å². The van der Waals surface area contributed by atoms with Gasteiger partial charge in [-0.25, -0.2) is 4.39 Å². The minimum absolute atomic E-state index is 0.0579. The molecular formula is C14H18FNO2. The molecular weight excluding hydrogens is 233 g/mol. The van der Waals surface area contributed by atoms with E-state index in [4.69, 9.17) is 0 Å². The van der Waals surface area contributed by atoms with Gasteiger partial charge in [-0.3, -0.25) is 4.79 Å². The molecule has 1 amide bonds. The number of phenolic OH excluding ortho intramolecular Hbond substituents is 1. The molecule has 98 valence electrons. The summed E-state index contributed by atoms with van der Waals surface area (Å²) in [5.74, 6) is -0.583. The SMILES string of the molecule is CC(C)CN(C(=O)c1cc(F)ccc1O)C1CC1. The van der Waals surface area contributed by atoms with Crippen LogP contribution in [-0.2, 0) is 0 Å². The van der Waals surface area contributed by atoms with E-state index >= 15 is 0 Å². The second-order valence-electron chi connectivity index (χ2n) is 5.24. The number of hydrogen-bond donors (Lipinski definition) is 1. The van der Waals surface area contributed by atoms with Crippen molar-refractivity contribution >= 4 is 5.91 Å².